The van der Waals surface area contributed by atoms with Crippen LogP contribution in [0.5, 0.6) is 0 Å². The molecule has 0 radical (unpaired) electrons. The van der Waals surface area contributed by atoms with Gasteiger partial charge in [0.1, 0.15) is 6.07 Å². The maximum Gasteiger partial charge on any atom is 0.101 e. The van der Waals surface area contributed by atoms with Crippen LogP contribution in [0.15, 0.2) is 24.3 Å². The fraction of sp³-hybridized carbons (Fsp3) is 0.500. The third-order valence-electron chi connectivity index (χ3n) is 3.50. The van der Waals surface area contributed by atoms with E-state index in [0.29, 0.717) is 11.6 Å². The summed E-state index contributed by atoms with van der Waals surface area (Å²) in [5.74, 6) is 0. The highest BCUT2D eigenvalue weighted by Gasteiger charge is 2.27. The summed E-state index contributed by atoms with van der Waals surface area (Å²) < 4.78 is 0. The first-order valence-electron chi connectivity index (χ1n) is 6.37. The van der Waals surface area contributed by atoms with Crippen molar-refractivity contribution in [3.05, 3.63) is 29.8 Å². The van der Waals surface area contributed by atoms with Gasteiger partial charge in [-0.05, 0) is 32.0 Å². The van der Waals surface area contributed by atoms with Crippen molar-refractivity contribution in [3.63, 3.8) is 0 Å². The van der Waals surface area contributed by atoms with Crippen molar-refractivity contribution in [1.82, 2.24) is 5.32 Å². The van der Waals surface area contributed by atoms with E-state index in [-0.39, 0.29) is 12.6 Å². The highest BCUT2D eigenvalue weighted by molar-refractivity contribution is 5.60. The summed E-state index contributed by atoms with van der Waals surface area (Å²) in [4.78, 5) is 2.18. The van der Waals surface area contributed by atoms with Gasteiger partial charge in [0.2, 0.25) is 0 Å². The molecule has 1 heterocycles. The van der Waals surface area contributed by atoms with Crippen LogP contribution >= 0.6 is 0 Å². The summed E-state index contributed by atoms with van der Waals surface area (Å²) in [6, 6.07) is 10.2. The maximum absolute atomic E-state index is 9.56. The smallest absolute Gasteiger partial charge is 0.101 e. The summed E-state index contributed by atoms with van der Waals surface area (Å²) in [7, 11) is 0. The van der Waals surface area contributed by atoms with Gasteiger partial charge in [-0.15, -0.1) is 0 Å². The second-order valence-corrected chi connectivity index (χ2v) is 4.71. The molecule has 0 saturated carbocycles. The number of nitrogens with zero attached hydrogens (tertiary/aromatic N) is 2. The average molecular weight is 245 g/mol. The Morgan fingerprint density at radius 3 is 3.00 bits per heavy atom. The van der Waals surface area contributed by atoms with Crippen LogP contribution in [0, 0.1) is 11.3 Å². The van der Waals surface area contributed by atoms with Gasteiger partial charge in [-0.3, -0.25) is 0 Å². The Hall–Kier alpha value is -1.57. The first kappa shape index (κ1) is 12.9. The summed E-state index contributed by atoms with van der Waals surface area (Å²) in [5, 5.41) is 22.1. The molecule has 1 aliphatic heterocycles. The third kappa shape index (κ3) is 2.47. The third-order valence-corrected chi connectivity index (χ3v) is 3.50. The van der Waals surface area contributed by atoms with Crippen molar-refractivity contribution in [2.24, 2.45) is 0 Å². The molecular weight excluding hydrogens is 226 g/mol. The Balaban J connectivity index is 2.40. The Morgan fingerprint density at radius 2 is 2.28 bits per heavy atom. The zero-order chi connectivity index (χ0) is 13.0. The molecule has 1 aromatic rings. The standard InChI is InChI=1S/C14H19N3O/c1-11-6-7-16-9-13(10-18)17(11)14-5-3-2-4-12(14)8-15/h2-5,11,13,16,18H,6-7,9-10H2,1H3. The lowest BCUT2D eigenvalue weighted by molar-refractivity contribution is 0.255. The quantitative estimate of drug-likeness (QED) is 0.819. The molecule has 96 valence electrons. The van der Waals surface area contributed by atoms with E-state index in [1.54, 1.807) is 0 Å². The molecule has 18 heavy (non-hydrogen) atoms. The minimum absolute atomic E-state index is 0.0250. The molecule has 1 aliphatic rings. The van der Waals surface area contributed by atoms with Crippen molar-refractivity contribution < 1.29 is 5.11 Å². The fourth-order valence-corrected chi connectivity index (χ4v) is 2.56. The van der Waals surface area contributed by atoms with Gasteiger partial charge in [0, 0.05) is 12.6 Å². The molecule has 4 heteroatoms. The molecule has 0 amide bonds. The molecule has 0 bridgehead atoms. The lowest BCUT2D eigenvalue weighted by atomic mass is 10.1. The number of rotatable bonds is 2. The van der Waals surface area contributed by atoms with Crippen molar-refractivity contribution in [1.29, 1.82) is 5.26 Å². The monoisotopic (exact) mass is 245 g/mol. The number of aliphatic hydroxyl groups excluding tert-OH is 1. The van der Waals surface area contributed by atoms with E-state index < -0.39 is 0 Å². The van der Waals surface area contributed by atoms with E-state index in [0.717, 1.165) is 25.2 Å². The summed E-state index contributed by atoms with van der Waals surface area (Å²) in [6.45, 7) is 3.93. The Kier molecular flexibility index (Phi) is 4.19. The van der Waals surface area contributed by atoms with Crippen LogP contribution in [0.4, 0.5) is 5.69 Å². The molecule has 2 rings (SSSR count). The van der Waals surface area contributed by atoms with Crippen molar-refractivity contribution in [2.75, 3.05) is 24.6 Å². The van der Waals surface area contributed by atoms with E-state index in [1.807, 2.05) is 24.3 Å². The molecule has 0 aliphatic carbocycles. The lowest BCUT2D eigenvalue weighted by Gasteiger charge is -2.36. The van der Waals surface area contributed by atoms with Gasteiger partial charge < -0.3 is 15.3 Å². The second-order valence-electron chi connectivity index (χ2n) is 4.71. The van der Waals surface area contributed by atoms with Crippen LogP contribution in [0.2, 0.25) is 0 Å². The summed E-state index contributed by atoms with van der Waals surface area (Å²) in [5.41, 5.74) is 1.60. The normalized spacial score (nSPS) is 24.4. The number of para-hydroxylation sites is 1. The van der Waals surface area contributed by atoms with Crippen LogP contribution in [0.25, 0.3) is 0 Å². The largest absolute Gasteiger partial charge is 0.394 e. The molecule has 0 spiro atoms. The Labute approximate surface area is 108 Å². The number of benzene rings is 1. The minimum atomic E-state index is 0.0250. The molecule has 4 nitrogen and oxygen atoms in total. The summed E-state index contributed by atoms with van der Waals surface area (Å²) >= 11 is 0. The van der Waals surface area contributed by atoms with Gasteiger partial charge in [-0.1, -0.05) is 12.1 Å². The highest BCUT2D eigenvalue weighted by Crippen LogP contribution is 2.26. The predicted molar refractivity (Wildman–Crippen MR) is 71.5 cm³/mol. The van der Waals surface area contributed by atoms with Crippen LogP contribution in [-0.2, 0) is 0 Å². The van der Waals surface area contributed by atoms with Crippen LogP contribution in [-0.4, -0.2) is 36.9 Å². The number of hydrogen-bond donors (Lipinski definition) is 2. The second kappa shape index (κ2) is 5.85. The fourth-order valence-electron chi connectivity index (χ4n) is 2.56. The molecule has 2 N–H and O–H groups in total. The van der Waals surface area contributed by atoms with Crippen molar-refractivity contribution in [3.8, 4) is 6.07 Å². The van der Waals surface area contributed by atoms with E-state index in [2.05, 4.69) is 23.2 Å². The molecule has 2 atom stereocenters. The number of anilines is 1. The topological polar surface area (TPSA) is 59.3 Å². The molecule has 2 unspecified atom stereocenters. The SMILES string of the molecule is CC1CCNCC(CO)N1c1ccccc1C#N. The van der Waals surface area contributed by atoms with Gasteiger partial charge in [-0.2, -0.15) is 5.26 Å². The number of nitriles is 1. The molecular formula is C14H19N3O. The number of hydrogen-bond acceptors (Lipinski definition) is 4. The molecule has 1 aromatic carbocycles. The van der Waals surface area contributed by atoms with Crippen LogP contribution < -0.4 is 10.2 Å². The minimum Gasteiger partial charge on any atom is -0.394 e. The molecule has 1 saturated heterocycles. The number of nitrogens with one attached hydrogen (secondary N) is 1. The number of aliphatic hydroxyl groups is 1. The van der Waals surface area contributed by atoms with Crippen LogP contribution in [0.1, 0.15) is 18.9 Å². The first-order valence-corrected chi connectivity index (χ1v) is 6.37. The van der Waals surface area contributed by atoms with Crippen molar-refractivity contribution in [2.45, 2.75) is 25.4 Å². The van der Waals surface area contributed by atoms with E-state index in [4.69, 9.17) is 0 Å². The van der Waals surface area contributed by atoms with Crippen molar-refractivity contribution >= 4 is 5.69 Å². The maximum atomic E-state index is 9.56. The zero-order valence-electron chi connectivity index (χ0n) is 10.6. The highest BCUT2D eigenvalue weighted by atomic mass is 16.3. The lowest BCUT2D eigenvalue weighted by Crippen LogP contribution is -2.46. The van der Waals surface area contributed by atoms with Gasteiger partial charge in [0.25, 0.3) is 0 Å². The predicted octanol–water partition coefficient (Wildman–Crippen LogP) is 1.11. The Morgan fingerprint density at radius 1 is 1.50 bits per heavy atom. The zero-order valence-corrected chi connectivity index (χ0v) is 10.6. The van der Waals surface area contributed by atoms with Gasteiger partial charge in [0.05, 0.1) is 23.9 Å². The molecule has 0 aromatic heterocycles. The van der Waals surface area contributed by atoms with Gasteiger partial charge in [-0.25, -0.2) is 0 Å². The summed E-state index contributed by atoms with van der Waals surface area (Å²) in [6.07, 6.45) is 1.01. The van der Waals surface area contributed by atoms with Gasteiger partial charge >= 0.3 is 0 Å². The molecule has 1 fully saturated rings. The van der Waals surface area contributed by atoms with E-state index in [9.17, 15) is 10.4 Å². The average Bonchev–Trinajstić information content (AvgIpc) is 2.60. The van der Waals surface area contributed by atoms with E-state index >= 15 is 0 Å². The van der Waals surface area contributed by atoms with Gasteiger partial charge in [0.15, 0.2) is 0 Å². The van der Waals surface area contributed by atoms with Crippen LogP contribution in [0.3, 0.4) is 0 Å². The van der Waals surface area contributed by atoms with E-state index in [1.165, 1.54) is 0 Å². The first-order chi connectivity index (χ1) is 8.77. The Bertz CT molecular complexity index is 441.